The average molecular weight is 397 g/mol. The lowest BCUT2D eigenvalue weighted by atomic mass is 10.1. The van der Waals surface area contributed by atoms with Crippen molar-refractivity contribution >= 4 is 43.9 Å². The van der Waals surface area contributed by atoms with Crippen LogP contribution >= 0.6 is 15.9 Å². The molecule has 4 aromatic rings. The van der Waals surface area contributed by atoms with Gasteiger partial charge >= 0.3 is 0 Å². The molecule has 0 saturated heterocycles. The van der Waals surface area contributed by atoms with Crippen LogP contribution in [-0.2, 0) is 0 Å². The molecule has 0 spiro atoms. The van der Waals surface area contributed by atoms with Crippen LogP contribution in [-0.4, -0.2) is 9.97 Å². The highest BCUT2D eigenvalue weighted by molar-refractivity contribution is 9.10. The highest BCUT2D eigenvalue weighted by Crippen LogP contribution is 2.27. The van der Waals surface area contributed by atoms with Crippen molar-refractivity contribution in [2.45, 2.75) is 0 Å². The van der Waals surface area contributed by atoms with Gasteiger partial charge in [0.05, 0.1) is 17.3 Å². The maximum Gasteiger partial charge on any atom is 0.225 e. The third-order valence-corrected chi connectivity index (χ3v) is 4.36. The van der Waals surface area contributed by atoms with Gasteiger partial charge in [0.25, 0.3) is 0 Å². The fraction of sp³-hybridized carbons (Fsp3) is 0. The van der Waals surface area contributed by atoms with Crippen molar-refractivity contribution in [3.63, 3.8) is 0 Å². The Morgan fingerprint density at radius 2 is 1.92 bits per heavy atom. The second-order valence-corrected chi connectivity index (χ2v) is 6.41. The van der Waals surface area contributed by atoms with E-state index in [2.05, 4.69) is 31.3 Å². The Balaban J connectivity index is 1.58. The molecule has 0 aliphatic carbocycles. The van der Waals surface area contributed by atoms with Crippen molar-refractivity contribution in [2.75, 3.05) is 11.2 Å². The van der Waals surface area contributed by atoms with Gasteiger partial charge in [0.15, 0.2) is 5.82 Å². The summed E-state index contributed by atoms with van der Waals surface area (Å²) in [6.07, 6.45) is 4.97. The van der Waals surface area contributed by atoms with Crippen molar-refractivity contribution in [2.24, 2.45) is 0 Å². The van der Waals surface area contributed by atoms with Gasteiger partial charge in [-0.05, 0) is 36.4 Å². The lowest BCUT2D eigenvalue weighted by molar-refractivity contribution is -0.536. The summed E-state index contributed by atoms with van der Waals surface area (Å²) in [6, 6.07) is 13.8. The molecule has 0 bridgehead atoms. The highest BCUT2D eigenvalue weighted by Gasteiger charge is 2.12. The van der Waals surface area contributed by atoms with Gasteiger partial charge in [-0.1, -0.05) is 22.0 Å². The second-order valence-electron chi connectivity index (χ2n) is 5.49. The normalized spacial score (nSPS) is 10.9. The van der Waals surface area contributed by atoms with Gasteiger partial charge in [-0.15, -0.1) is 0 Å². The molecule has 2 heterocycles. The molecule has 0 unspecified atom stereocenters. The zero-order valence-electron chi connectivity index (χ0n) is 13.1. The smallest absolute Gasteiger partial charge is 0.225 e. The molecule has 4 rings (SSSR count). The number of nitrogens with one attached hydrogen (secondary N) is 1. The number of nitrogen functional groups attached to an aromatic ring is 2. The first-order valence-corrected chi connectivity index (χ1v) is 8.43. The van der Waals surface area contributed by atoms with Gasteiger partial charge in [-0.2, -0.15) is 0 Å². The molecule has 0 aliphatic heterocycles. The van der Waals surface area contributed by atoms with E-state index in [0.29, 0.717) is 11.7 Å². The number of hydrogen-bond acceptors (Lipinski definition) is 5. The molecule has 0 radical (unpaired) electrons. The molecule has 6 nitrogen and oxygen atoms in total. The summed E-state index contributed by atoms with van der Waals surface area (Å²) in [6.45, 7) is 0. The van der Waals surface area contributed by atoms with Crippen LogP contribution in [0.5, 0.6) is 0 Å². The second kappa shape index (κ2) is 6.54. The fourth-order valence-electron chi connectivity index (χ4n) is 2.60. The standard InChI is InChI=1S/C18H14BrN5O/c19-13-4-1-12-10-22-17(20)16(15(12)9-13)24-23-14-5-2-11(3-6-14)18-21-7-8-25-18/h1-10,23-24H,(H2,20,22)/p+1. The van der Waals surface area contributed by atoms with E-state index < -0.39 is 0 Å². The van der Waals surface area contributed by atoms with Crippen LogP contribution in [0.1, 0.15) is 0 Å². The number of fused-ring (bicyclic) bond motifs is 1. The Bertz CT molecular complexity index is 1010. The minimum atomic E-state index is 0.481. The van der Waals surface area contributed by atoms with Crippen LogP contribution in [0.15, 0.2) is 70.0 Å². The zero-order chi connectivity index (χ0) is 17.2. The molecule has 2 aromatic heterocycles. The van der Waals surface area contributed by atoms with Gasteiger partial charge < -0.3 is 10.2 Å². The Hall–Kier alpha value is -2.90. The number of halogens is 1. The molecule has 25 heavy (non-hydrogen) atoms. The number of rotatable bonds is 4. The third kappa shape index (κ3) is 3.19. The predicted octanol–water partition coefficient (Wildman–Crippen LogP) is 3.46. The Labute approximate surface area is 152 Å². The highest BCUT2D eigenvalue weighted by atomic mass is 79.9. The number of pyridine rings is 1. The molecule has 5 N–H and O–H groups in total. The van der Waals surface area contributed by atoms with Crippen LogP contribution in [0.3, 0.4) is 0 Å². The van der Waals surface area contributed by atoms with E-state index in [0.717, 1.165) is 32.2 Å². The lowest BCUT2D eigenvalue weighted by Crippen LogP contribution is -2.83. The summed E-state index contributed by atoms with van der Waals surface area (Å²) in [5.74, 6) is 1.08. The zero-order valence-corrected chi connectivity index (χ0v) is 14.7. The average Bonchev–Trinajstić information content (AvgIpc) is 3.16. The summed E-state index contributed by atoms with van der Waals surface area (Å²) in [5, 5.41) is 2.07. The van der Waals surface area contributed by atoms with Crippen LogP contribution in [0, 0.1) is 0 Å². The Kier molecular flexibility index (Phi) is 4.09. The maximum atomic E-state index is 6.07. The SMILES string of the molecule is Nc1ncc2ccc(Br)cc2c1[NH2+]Nc1ccc(-c2ncco2)cc1. The lowest BCUT2D eigenvalue weighted by Gasteiger charge is -2.09. The third-order valence-electron chi connectivity index (χ3n) is 3.87. The Morgan fingerprint density at radius 3 is 2.68 bits per heavy atom. The molecular weight excluding hydrogens is 382 g/mol. The number of nitrogens with two attached hydrogens (primary N) is 2. The molecule has 0 amide bonds. The van der Waals surface area contributed by atoms with E-state index in [1.165, 1.54) is 0 Å². The maximum absolute atomic E-state index is 6.07. The van der Waals surface area contributed by atoms with Crippen molar-refractivity contribution in [1.82, 2.24) is 9.97 Å². The van der Waals surface area contributed by atoms with Crippen LogP contribution in [0.4, 0.5) is 17.2 Å². The van der Waals surface area contributed by atoms with E-state index in [4.69, 9.17) is 10.2 Å². The van der Waals surface area contributed by atoms with E-state index in [-0.39, 0.29) is 0 Å². The summed E-state index contributed by atoms with van der Waals surface area (Å²) < 4.78 is 6.29. The van der Waals surface area contributed by atoms with Gasteiger partial charge in [-0.3, -0.25) is 0 Å². The first kappa shape index (κ1) is 15.6. The predicted molar refractivity (Wildman–Crippen MR) is 101 cm³/mol. The molecule has 0 atom stereocenters. The monoisotopic (exact) mass is 396 g/mol. The van der Waals surface area contributed by atoms with Gasteiger partial charge in [0.1, 0.15) is 6.26 Å². The molecule has 0 fully saturated rings. The molecule has 7 heteroatoms. The Morgan fingerprint density at radius 1 is 1.08 bits per heavy atom. The number of hydrogen-bond donors (Lipinski definition) is 3. The van der Waals surface area contributed by atoms with E-state index in [1.54, 1.807) is 18.7 Å². The van der Waals surface area contributed by atoms with Gasteiger partial charge in [0, 0.05) is 21.6 Å². The van der Waals surface area contributed by atoms with Crippen molar-refractivity contribution in [3.8, 4) is 11.5 Å². The number of benzene rings is 2. The number of aromatic nitrogens is 2. The number of anilines is 2. The summed E-state index contributed by atoms with van der Waals surface area (Å²) in [5.41, 5.74) is 13.9. The van der Waals surface area contributed by atoms with E-state index in [9.17, 15) is 0 Å². The quantitative estimate of drug-likeness (QED) is 0.362. The van der Waals surface area contributed by atoms with Crippen LogP contribution in [0.25, 0.3) is 22.2 Å². The summed E-state index contributed by atoms with van der Waals surface area (Å²) in [7, 11) is 0. The first-order valence-electron chi connectivity index (χ1n) is 7.64. The van der Waals surface area contributed by atoms with Crippen molar-refractivity contribution in [3.05, 3.63) is 65.6 Å². The summed E-state index contributed by atoms with van der Waals surface area (Å²) in [4.78, 5) is 8.41. The molecule has 0 saturated carbocycles. The summed E-state index contributed by atoms with van der Waals surface area (Å²) >= 11 is 3.50. The van der Waals surface area contributed by atoms with E-state index >= 15 is 0 Å². The number of oxazole rings is 1. The molecule has 0 aliphatic rings. The van der Waals surface area contributed by atoms with Crippen LogP contribution in [0.2, 0.25) is 0 Å². The van der Waals surface area contributed by atoms with Crippen molar-refractivity contribution in [1.29, 1.82) is 0 Å². The molecular formula is C18H15BrN5O+. The number of quaternary nitrogens is 1. The molecule has 124 valence electrons. The fourth-order valence-corrected chi connectivity index (χ4v) is 2.96. The van der Waals surface area contributed by atoms with Gasteiger partial charge in [0.2, 0.25) is 11.6 Å². The van der Waals surface area contributed by atoms with Crippen LogP contribution < -0.4 is 16.6 Å². The minimum Gasteiger partial charge on any atom is -0.445 e. The van der Waals surface area contributed by atoms with E-state index in [1.807, 2.05) is 47.9 Å². The van der Waals surface area contributed by atoms with Crippen molar-refractivity contribution < 1.29 is 9.84 Å². The number of nitrogens with zero attached hydrogens (tertiary/aromatic N) is 2. The van der Waals surface area contributed by atoms with Gasteiger partial charge in [-0.25, -0.2) is 20.8 Å². The first-order chi connectivity index (χ1) is 12.2. The molecule has 2 aromatic carbocycles. The largest absolute Gasteiger partial charge is 0.445 e. The minimum absolute atomic E-state index is 0.481. The topological polar surface area (TPSA) is 93.6 Å².